The van der Waals surface area contributed by atoms with Gasteiger partial charge in [-0.05, 0) is 18.2 Å². The van der Waals surface area contributed by atoms with Crippen LogP contribution in [0.2, 0.25) is 0 Å². The number of urea groups is 1. The summed E-state index contributed by atoms with van der Waals surface area (Å²) in [6, 6.07) is 9.39. The molecule has 0 saturated heterocycles. The number of hydrogen-bond donors (Lipinski definition) is 4. The summed E-state index contributed by atoms with van der Waals surface area (Å²) in [4.78, 5) is 39.3. The minimum atomic E-state index is -0.831. The fourth-order valence-electron chi connectivity index (χ4n) is 2.31. The van der Waals surface area contributed by atoms with Crippen molar-refractivity contribution in [3.8, 4) is 0 Å². The van der Waals surface area contributed by atoms with Crippen molar-refractivity contribution in [3.05, 3.63) is 53.7 Å². The van der Waals surface area contributed by atoms with Crippen LogP contribution in [-0.4, -0.2) is 22.8 Å². The molecule has 2 heterocycles. The van der Waals surface area contributed by atoms with Gasteiger partial charge in [0, 0.05) is 11.6 Å². The van der Waals surface area contributed by atoms with Crippen LogP contribution in [-0.2, 0) is 0 Å². The fraction of sp³-hybridized carbons (Fsp3) is 0. The van der Waals surface area contributed by atoms with Crippen LogP contribution in [0.3, 0.4) is 0 Å². The summed E-state index contributed by atoms with van der Waals surface area (Å²) >= 11 is 0.984. The molecule has 9 heteroatoms. The first kappa shape index (κ1) is 16.4. The van der Waals surface area contributed by atoms with Crippen molar-refractivity contribution in [2.24, 2.45) is 11.5 Å². The van der Waals surface area contributed by atoms with Crippen molar-refractivity contribution in [3.63, 3.8) is 0 Å². The third-order valence-electron chi connectivity index (χ3n) is 3.36. The maximum Gasteiger partial charge on any atom is 0.317 e. The number of fused-ring (bicyclic) bond motifs is 1. The highest BCUT2D eigenvalue weighted by atomic mass is 32.1. The highest BCUT2D eigenvalue weighted by Crippen LogP contribution is 2.32. The molecule has 0 aliphatic heterocycles. The Balaban J connectivity index is 1.92. The Kier molecular flexibility index (Phi) is 4.31. The van der Waals surface area contributed by atoms with Crippen molar-refractivity contribution < 1.29 is 14.4 Å². The molecule has 0 radical (unpaired) electrons. The van der Waals surface area contributed by atoms with Gasteiger partial charge in [-0.2, -0.15) is 0 Å². The van der Waals surface area contributed by atoms with Crippen LogP contribution < -0.4 is 22.1 Å². The number of rotatable bonds is 4. The van der Waals surface area contributed by atoms with Crippen LogP contribution in [0.4, 0.5) is 14.8 Å². The number of nitrogens with zero attached hydrogens (tertiary/aromatic N) is 1. The van der Waals surface area contributed by atoms with Gasteiger partial charge in [0.15, 0.2) is 0 Å². The largest absolute Gasteiger partial charge is 0.366 e. The number of carbonyl (C=O) groups excluding carboxylic acids is 3. The Morgan fingerprint density at radius 3 is 2.48 bits per heavy atom. The predicted octanol–water partition coefficient (Wildman–Crippen LogP) is 2.14. The molecule has 8 nitrogen and oxygen atoms in total. The molecular weight excluding hydrogens is 342 g/mol. The molecule has 3 aromatic rings. The number of para-hydroxylation sites is 1. The first-order chi connectivity index (χ1) is 12.0. The van der Waals surface area contributed by atoms with E-state index in [2.05, 4.69) is 15.6 Å². The lowest BCUT2D eigenvalue weighted by Crippen LogP contribution is -2.21. The van der Waals surface area contributed by atoms with Crippen molar-refractivity contribution in [1.82, 2.24) is 4.98 Å². The van der Waals surface area contributed by atoms with Crippen LogP contribution in [0.25, 0.3) is 10.9 Å². The average Bonchev–Trinajstić information content (AvgIpc) is 2.96. The molecule has 0 spiro atoms. The van der Waals surface area contributed by atoms with Crippen LogP contribution in [0.15, 0.2) is 42.6 Å². The number of aromatic nitrogens is 1. The molecule has 25 heavy (non-hydrogen) atoms. The van der Waals surface area contributed by atoms with E-state index in [0.717, 1.165) is 11.3 Å². The highest BCUT2D eigenvalue weighted by molar-refractivity contribution is 7.20. The second kappa shape index (κ2) is 6.57. The highest BCUT2D eigenvalue weighted by Gasteiger charge is 2.18. The third kappa shape index (κ3) is 3.40. The topological polar surface area (TPSA) is 140 Å². The molecule has 2 aromatic heterocycles. The molecule has 4 amide bonds. The van der Waals surface area contributed by atoms with Crippen LogP contribution in [0.5, 0.6) is 0 Å². The third-order valence-corrected chi connectivity index (χ3v) is 4.33. The van der Waals surface area contributed by atoms with Crippen LogP contribution >= 0.6 is 11.3 Å². The maximum absolute atomic E-state index is 12.6. The predicted molar refractivity (Wildman–Crippen MR) is 95.7 cm³/mol. The first-order valence-corrected chi connectivity index (χ1v) is 7.92. The van der Waals surface area contributed by atoms with E-state index in [0.29, 0.717) is 21.5 Å². The van der Waals surface area contributed by atoms with Crippen LogP contribution in [0.1, 0.15) is 20.7 Å². The van der Waals surface area contributed by atoms with E-state index in [1.165, 1.54) is 6.07 Å². The Labute approximate surface area is 145 Å². The van der Waals surface area contributed by atoms with Gasteiger partial charge in [0.25, 0.3) is 11.8 Å². The van der Waals surface area contributed by atoms with Crippen LogP contribution in [0, 0.1) is 0 Å². The summed E-state index contributed by atoms with van der Waals surface area (Å²) in [5, 5.41) is 6.23. The Bertz CT molecular complexity index is 993. The monoisotopic (exact) mass is 355 g/mol. The van der Waals surface area contributed by atoms with E-state index in [-0.39, 0.29) is 16.5 Å². The molecule has 0 fully saturated rings. The van der Waals surface area contributed by atoms with Gasteiger partial charge in [-0.3, -0.25) is 19.9 Å². The lowest BCUT2D eigenvalue weighted by atomic mass is 10.1. The molecule has 6 N–H and O–H groups in total. The molecule has 0 aliphatic carbocycles. The summed E-state index contributed by atoms with van der Waals surface area (Å²) in [5.41, 5.74) is 11.5. The Morgan fingerprint density at radius 1 is 1.00 bits per heavy atom. The second-order valence-electron chi connectivity index (χ2n) is 5.04. The maximum atomic E-state index is 12.6. The normalized spacial score (nSPS) is 10.4. The average molecular weight is 355 g/mol. The van der Waals surface area contributed by atoms with Gasteiger partial charge >= 0.3 is 6.03 Å². The molecule has 1 aromatic carbocycles. The SMILES string of the molecule is NC(=O)Nc1sc(NC(=O)c2ccnc3ccccc23)cc1C(N)=O. The number of thiophene rings is 1. The zero-order valence-corrected chi connectivity index (χ0v) is 13.6. The first-order valence-electron chi connectivity index (χ1n) is 7.11. The van der Waals surface area contributed by atoms with E-state index in [9.17, 15) is 14.4 Å². The number of amides is 4. The summed E-state index contributed by atoms with van der Waals surface area (Å²) in [7, 11) is 0. The molecule has 0 atom stereocenters. The number of carbonyl (C=O) groups is 3. The molecule has 0 aliphatic rings. The number of primary amides is 2. The summed E-state index contributed by atoms with van der Waals surface area (Å²) in [6.07, 6.45) is 1.54. The summed E-state index contributed by atoms with van der Waals surface area (Å²) in [6.45, 7) is 0. The van der Waals surface area contributed by atoms with Crippen molar-refractivity contribution in [1.29, 1.82) is 0 Å². The zero-order valence-electron chi connectivity index (χ0n) is 12.8. The zero-order chi connectivity index (χ0) is 18.0. The van der Waals surface area contributed by atoms with Gasteiger partial charge in [-0.1, -0.05) is 29.5 Å². The lowest BCUT2D eigenvalue weighted by Gasteiger charge is -2.05. The summed E-state index contributed by atoms with van der Waals surface area (Å²) < 4.78 is 0. The number of hydrogen-bond acceptors (Lipinski definition) is 5. The molecule has 3 rings (SSSR count). The quantitative estimate of drug-likeness (QED) is 0.569. The van der Waals surface area contributed by atoms with Gasteiger partial charge in [0.1, 0.15) is 5.00 Å². The molecular formula is C16H13N5O3S. The van der Waals surface area contributed by atoms with Gasteiger partial charge < -0.3 is 16.8 Å². The summed E-state index contributed by atoms with van der Waals surface area (Å²) in [5.74, 6) is -1.11. The standard InChI is InChI=1S/C16H13N5O3S/c17-13(22)10-7-12(25-15(10)21-16(18)24)20-14(23)9-5-6-19-11-4-2-1-3-8(9)11/h1-7H,(H2,17,22)(H,20,23)(H3,18,21,24). The van der Waals surface area contributed by atoms with Gasteiger partial charge in [0.05, 0.1) is 21.6 Å². The second-order valence-corrected chi connectivity index (χ2v) is 6.09. The Hall–Kier alpha value is -3.46. The van der Waals surface area contributed by atoms with E-state index >= 15 is 0 Å². The van der Waals surface area contributed by atoms with E-state index in [4.69, 9.17) is 11.5 Å². The van der Waals surface area contributed by atoms with Crippen molar-refractivity contribution >= 4 is 50.1 Å². The number of benzene rings is 1. The minimum Gasteiger partial charge on any atom is -0.366 e. The molecule has 0 saturated carbocycles. The van der Waals surface area contributed by atoms with Crippen molar-refractivity contribution in [2.75, 3.05) is 10.6 Å². The number of anilines is 2. The molecule has 0 unspecified atom stereocenters. The lowest BCUT2D eigenvalue weighted by molar-refractivity contribution is 0.0997. The minimum absolute atomic E-state index is 0.0682. The molecule has 126 valence electrons. The van der Waals surface area contributed by atoms with E-state index < -0.39 is 11.9 Å². The Morgan fingerprint density at radius 2 is 1.76 bits per heavy atom. The number of nitrogens with one attached hydrogen (secondary N) is 2. The van der Waals surface area contributed by atoms with E-state index in [1.54, 1.807) is 24.4 Å². The van der Waals surface area contributed by atoms with Gasteiger partial charge in [-0.15, -0.1) is 0 Å². The smallest absolute Gasteiger partial charge is 0.317 e. The van der Waals surface area contributed by atoms with Gasteiger partial charge in [-0.25, -0.2) is 4.79 Å². The molecule has 0 bridgehead atoms. The van der Waals surface area contributed by atoms with Gasteiger partial charge in [0.2, 0.25) is 0 Å². The number of pyridine rings is 1. The number of nitrogens with two attached hydrogens (primary N) is 2. The fourth-order valence-corrected chi connectivity index (χ4v) is 3.28. The van der Waals surface area contributed by atoms with E-state index in [1.807, 2.05) is 12.1 Å². The van der Waals surface area contributed by atoms with Crippen molar-refractivity contribution in [2.45, 2.75) is 0 Å².